The minimum Gasteiger partial charge on any atom is -0.298 e. The molecule has 23 heavy (non-hydrogen) atoms. The lowest BCUT2D eigenvalue weighted by Gasteiger charge is -2.20. The summed E-state index contributed by atoms with van der Waals surface area (Å²) < 4.78 is 0. The molecule has 1 unspecified atom stereocenters. The molecule has 0 spiro atoms. The molecule has 0 fully saturated rings. The Morgan fingerprint density at radius 3 is 1.83 bits per heavy atom. The van der Waals surface area contributed by atoms with E-state index in [2.05, 4.69) is 41.5 Å². The van der Waals surface area contributed by atoms with Gasteiger partial charge in [0.1, 0.15) is 0 Å². The van der Waals surface area contributed by atoms with Crippen molar-refractivity contribution in [3.8, 4) is 0 Å². The van der Waals surface area contributed by atoms with Crippen molar-refractivity contribution in [2.45, 2.75) is 67.2 Å². The highest BCUT2D eigenvalue weighted by atomic mass is 16.1. The summed E-state index contributed by atoms with van der Waals surface area (Å²) in [6.45, 7) is 13.2. The molecule has 3 rings (SSSR count). The highest BCUT2D eigenvalue weighted by molar-refractivity contribution is 6.01. The van der Waals surface area contributed by atoms with Crippen molar-refractivity contribution in [2.24, 2.45) is 5.92 Å². The van der Waals surface area contributed by atoms with Crippen molar-refractivity contribution in [1.82, 2.24) is 0 Å². The fraction of sp³-hybridized carbons (Fsp3) is 0.500. The summed E-state index contributed by atoms with van der Waals surface area (Å²) in [6, 6.07) is 0. The lowest BCUT2D eigenvalue weighted by Crippen LogP contribution is -2.03. The van der Waals surface area contributed by atoms with Crippen LogP contribution in [0.1, 0.15) is 69.1 Å². The van der Waals surface area contributed by atoms with Gasteiger partial charge in [-0.2, -0.15) is 0 Å². The molecular formula is C22H28O. The Bertz CT molecular complexity index is 811. The standard InChI is InChI=1S/C22H28O/c1-7-8-17-9-18-14(4)21-13(3)12(2)20(11-23)16(6)22(21)15(5)19(18)10-17/h11,17H,7-10H2,1-6H3. The summed E-state index contributed by atoms with van der Waals surface area (Å²) in [6.07, 6.45) is 6.08. The summed E-state index contributed by atoms with van der Waals surface area (Å²) in [7, 11) is 0. The maximum Gasteiger partial charge on any atom is 0.150 e. The van der Waals surface area contributed by atoms with Crippen molar-refractivity contribution in [3.63, 3.8) is 0 Å². The Balaban J connectivity index is 2.39. The van der Waals surface area contributed by atoms with E-state index >= 15 is 0 Å². The van der Waals surface area contributed by atoms with Crippen LogP contribution in [0, 0.1) is 40.5 Å². The van der Waals surface area contributed by atoms with E-state index in [0.29, 0.717) is 0 Å². The first-order valence-corrected chi connectivity index (χ1v) is 8.91. The van der Waals surface area contributed by atoms with E-state index in [0.717, 1.165) is 23.3 Å². The van der Waals surface area contributed by atoms with Crippen molar-refractivity contribution in [3.05, 3.63) is 44.5 Å². The van der Waals surface area contributed by atoms with E-state index < -0.39 is 0 Å². The molecule has 2 aromatic rings. The van der Waals surface area contributed by atoms with Gasteiger partial charge in [-0.05, 0) is 103 Å². The second kappa shape index (κ2) is 5.78. The smallest absolute Gasteiger partial charge is 0.150 e. The summed E-state index contributed by atoms with van der Waals surface area (Å²) in [5, 5.41) is 2.74. The van der Waals surface area contributed by atoms with Gasteiger partial charge in [-0.1, -0.05) is 19.8 Å². The number of carbonyl (C=O) groups excluding carboxylic acids is 1. The number of hydrogen-bond acceptors (Lipinski definition) is 1. The van der Waals surface area contributed by atoms with E-state index in [1.54, 1.807) is 11.1 Å². The fourth-order valence-corrected chi connectivity index (χ4v) is 4.86. The largest absolute Gasteiger partial charge is 0.298 e. The van der Waals surface area contributed by atoms with Crippen LogP contribution in [0.3, 0.4) is 0 Å². The third-order valence-corrected chi connectivity index (χ3v) is 6.19. The van der Waals surface area contributed by atoms with E-state index in [4.69, 9.17) is 0 Å². The molecule has 1 atom stereocenters. The minimum atomic E-state index is 0.802. The molecule has 0 bridgehead atoms. The second-order valence-corrected chi connectivity index (χ2v) is 7.43. The van der Waals surface area contributed by atoms with E-state index in [-0.39, 0.29) is 0 Å². The molecule has 0 saturated heterocycles. The van der Waals surface area contributed by atoms with Crippen LogP contribution >= 0.6 is 0 Å². The molecule has 1 heteroatoms. The van der Waals surface area contributed by atoms with Crippen LogP contribution in [0.25, 0.3) is 10.8 Å². The maximum absolute atomic E-state index is 11.6. The van der Waals surface area contributed by atoms with Gasteiger partial charge in [-0.15, -0.1) is 0 Å². The van der Waals surface area contributed by atoms with Gasteiger partial charge in [0, 0.05) is 5.56 Å². The lowest BCUT2D eigenvalue weighted by atomic mass is 9.83. The van der Waals surface area contributed by atoms with Gasteiger partial charge in [-0.3, -0.25) is 4.79 Å². The molecule has 0 aromatic heterocycles. The maximum atomic E-state index is 11.6. The third kappa shape index (κ3) is 2.24. The molecule has 0 saturated carbocycles. The van der Waals surface area contributed by atoms with Gasteiger partial charge < -0.3 is 0 Å². The van der Waals surface area contributed by atoms with Crippen molar-refractivity contribution >= 4 is 17.1 Å². The SMILES string of the molecule is CCCC1Cc2c(c(C)c3c(C)c(C=O)c(C)c(C)c3c2C)C1. The van der Waals surface area contributed by atoms with Crippen LogP contribution in [0.15, 0.2) is 0 Å². The predicted molar refractivity (Wildman–Crippen MR) is 98.8 cm³/mol. The number of benzene rings is 2. The quantitative estimate of drug-likeness (QED) is 0.664. The van der Waals surface area contributed by atoms with Gasteiger partial charge >= 0.3 is 0 Å². The van der Waals surface area contributed by atoms with Gasteiger partial charge in [0.05, 0.1) is 0 Å². The van der Waals surface area contributed by atoms with Crippen LogP contribution in [-0.4, -0.2) is 6.29 Å². The number of aldehydes is 1. The second-order valence-electron chi connectivity index (χ2n) is 7.43. The monoisotopic (exact) mass is 308 g/mol. The summed E-state index contributed by atoms with van der Waals surface area (Å²) >= 11 is 0. The van der Waals surface area contributed by atoms with E-state index in [1.807, 2.05) is 0 Å². The van der Waals surface area contributed by atoms with E-state index in [9.17, 15) is 4.79 Å². The van der Waals surface area contributed by atoms with Crippen LogP contribution in [0.2, 0.25) is 0 Å². The normalized spacial score (nSPS) is 16.9. The molecule has 1 nitrogen and oxygen atoms in total. The average Bonchev–Trinajstić information content (AvgIpc) is 2.94. The topological polar surface area (TPSA) is 17.1 Å². The van der Waals surface area contributed by atoms with Gasteiger partial charge in [0.2, 0.25) is 0 Å². The van der Waals surface area contributed by atoms with Gasteiger partial charge in [-0.25, -0.2) is 0 Å². The zero-order chi connectivity index (χ0) is 16.9. The molecule has 1 aliphatic carbocycles. The molecular weight excluding hydrogens is 280 g/mol. The first-order valence-electron chi connectivity index (χ1n) is 8.91. The Kier molecular flexibility index (Phi) is 4.08. The molecule has 0 amide bonds. The highest BCUT2D eigenvalue weighted by Gasteiger charge is 2.27. The predicted octanol–water partition coefficient (Wildman–Crippen LogP) is 5.71. The molecule has 0 aliphatic heterocycles. The Morgan fingerprint density at radius 2 is 1.35 bits per heavy atom. The van der Waals surface area contributed by atoms with Crippen LogP contribution in [0.5, 0.6) is 0 Å². The van der Waals surface area contributed by atoms with Crippen LogP contribution in [0.4, 0.5) is 0 Å². The number of rotatable bonds is 3. The number of fused-ring (bicyclic) bond motifs is 2. The first kappa shape index (κ1) is 16.2. The summed E-state index contributed by atoms with van der Waals surface area (Å²) in [5.41, 5.74) is 10.5. The number of carbonyl (C=O) groups is 1. The minimum absolute atomic E-state index is 0.802. The summed E-state index contributed by atoms with van der Waals surface area (Å²) in [5.74, 6) is 0.802. The van der Waals surface area contributed by atoms with Crippen LogP contribution < -0.4 is 0 Å². The van der Waals surface area contributed by atoms with E-state index in [1.165, 1.54) is 58.7 Å². The third-order valence-electron chi connectivity index (χ3n) is 6.19. The van der Waals surface area contributed by atoms with Gasteiger partial charge in [0.15, 0.2) is 6.29 Å². The number of hydrogen-bond donors (Lipinski definition) is 0. The molecule has 0 radical (unpaired) electrons. The Hall–Kier alpha value is -1.63. The fourth-order valence-electron chi connectivity index (χ4n) is 4.86. The zero-order valence-corrected chi connectivity index (χ0v) is 15.4. The number of aryl methyl sites for hydroxylation is 4. The van der Waals surface area contributed by atoms with Crippen molar-refractivity contribution in [2.75, 3.05) is 0 Å². The Morgan fingerprint density at radius 1 is 0.826 bits per heavy atom. The zero-order valence-electron chi connectivity index (χ0n) is 15.4. The average molecular weight is 308 g/mol. The highest BCUT2D eigenvalue weighted by Crippen LogP contribution is 2.42. The molecule has 0 heterocycles. The molecule has 2 aromatic carbocycles. The lowest BCUT2D eigenvalue weighted by molar-refractivity contribution is 0.112. The van der Waals surface area contributed by atoms with Crippen molar-refractivity contribution < 1.29 is 4.79 Å². The Labute approximate surface area is 140 Å². The molecule has 122 valence electrons. The molecule has 0 N–H and O–H groups in total. The first-order chi connectivity index (χ1) is 10.9. The van der Waals surface area contributed by atoms with Gasteiger partial charge in [0.25, 0.3) is 0 Å². The van der Waals surface area contributed by atoms with Crippen LogP contribution in [-0.2, 0) is 12.8 Å². The summed E-state index contributed by atoms with van der Waals surface area (Å²) in [4.78, 5) is 11.6. The molecule has 1 aliphatic rings. The van der Waals surface area contributed by atoms with Crippen molar-refractivity contribution in [1.29, 1.82) is 0 Å².